The summed E-state index contributed by atoms with van der Waals surface area (Å²) in [6, 6.07) is 3.99. The van der Waals surface area contributed by atoms with Gasteiger partial charge in [-0.1, -0.05) is 27.2 Å². The van der Waals surface area contributed by atoms with Gasteiger partial charge in [-0.2, -0.15) is 13.2 Å². The Kier molecular flexibility index (Phi) is 7.28. The van der Waals surface area contributed by atoms with Gasteiger partial charge in [0, 0.05) is 18.7 Å². The predicted octanol–water partition coefficient (Wildman–Crippen LogP) is 3.51. The van der Waals surface area contributed by atoms with Crippen LogP contribution in [0.4, 0.5) is 13.2 Å². The van der Waals surface area contributed by atoms with Crippen molar-refractivity contribution in [3.8, 4) is 0 Å². The lowest BCUT2D eigenvalue weighted by atomic mass is 9.88. The number of likely N-dealkylation sites (tertiary alicyclic amines) is 1. The number of nitrogens with zero attached hydrogens (tertiary/aromatic N) is 2. The molecule has 3 atom stereocenters. The second-order valence-electron chi connectivity index (χ2n) is 7.10. The minimum atomic E-state index is -4.43. The fourth-order valence-corrected chi connectivity index (χ4v) is 3.99. The third-order valence-electron chi connectivity index (χ3n) is 5.73. The summed E-state index contributed by atoms with van der Waals surface area (Å²) >= 11 is 0. The molecule has 1 aliphatic rings. The molecule has 1 fully saturated rings. The van der Waals surface area contributed by atoms with Crippen molar-refractivity contribution < 1.29 is 23.1 Å². The molecule has 0 aromatic heterocycles. The fourth-order valence-electron chi connectivity index (χ4n) is 3.99. The molecule has 0 bridgehead atoms. The quantitative estimate of drug-likeness (QED) is 0.780. The highest BCUT2D eigenvalue weighted by atomic mass is 19.4. The molecule has 1 saturated heterocycles. The number of rotatable bonds is 7. The van der Waals surface area contributed by atoms with Gasteiger partial charge in [-0.25, -0.2) is 0 Å². The van der Waals surface area contributed by atoms with Crippen LogP contribution < -0.4 is 0 Å². The van der Waals surface area contributed by atoms with E-state index in [-0.39, 0.29) is 36.0 Å². The molecule has 1 aromatic rings. The minimum absolute atomic E-state index is 0.144. The van der Waals surface area contributed by atoms with Crippen LogP contribution in [0.1, 0.15) is 43.1 Å². The molecule has 2 rings (SSSR count). The van der Waals surface area contributed by atoms with Crippen LogP contribution in [0.5, 0.6) is 0 Å². The van der Waals surface area contributed by atoms with Crippen molar-refractivity contribution in [2.24, 2.45) is 11.8 Å². The SMILES string of the molecule is CC[C@@H]1CN(C(=O)c2ccc(C(F)(F)F)cc2)[C@H](CO)[C@@H]1CN(CC)CC. The number of halogens is 3. The van der Waals surface area contributed by atoms with Crippen LogP contribution in [0.15, 0.2) is 24.3 Å². The summed E-state index contributed by atoms with van der Waals surface area (Å²) < 4.78 is 38.2. The van der Waals surface area contributed by atoms with E-state index in [1.165, 1.54) is 12.1 Å². The Bertz CT molecular complexity index is 615. The normalized spacial score (nSPS) is 23.3. The van der Waals surface area contributed by atoms with E-state index in [0.717, 1.165) is 38.2 Å². The molecule has 0 saturated carbocycles. The molecule has 0 unspecified atom stereocenters. The molecular weight excluding hydrogens is 357 g/mol. The van der Waals surface area contributed by atoms with E-state index in [1.54, 1.807) is 4.90 Å². The number of carbonyl (C=O) groups is 1. The Morgan fingerprint density at radius 2 is 1.78 bits per heavy atom. The van der Waals surface area contributed by atoms with Crippen molar-refractivity contribution in [3.05, 3.63) is 35.4 Å². The Balaban J connectivity index is 2.22. The molecule has 0 aliphatic carbocycles. The van der Waals surface area contributed by atoms with Crippen LogP contribution in [0.2, 0.25) is 0 Å². The number of hydrogen-bond donors (Lipinski definition) is 1. The van der Waals surface area contributed by atoms with Crippen LogP contribution in [-0.2, 0) is 6.18 Å². The lowest BCUT2D eigenvalue weighted by Crippen LogP contribution is -2.43. The second-order valence-corrected chi connectivity index (χ2v) is 7.10. The topological polar surface area (TPSA) is 43.8 Å². The highest BCUT2D eigenvalue weighted by molar-refractivity contribution is 5.94. The summed E-state index contributed by atoms with van der Waals surface area (Å²) in [5.41, 5.74) is -0.551. The van der Waals surface area contributed by atoms with E-state index in [0.29, 0.717) is 6.54 Å². The number of aliphatic hydroxyl groups is 1. The van der Waals surface area contributed by atoms with Crippen LogP contribution in [-0.4, -0.2) is 59.6 Å². The summed E-state index contributed by atoms with van der Waals surface area (Å²) in [7, 11) is 0. The number of aliphatic hydroxyl groups excluding tert-OH is 1. The molecular formula is C20H29F3N2O2. The molecule has 1 N–H and O–H groups in total. The second kappa shape index (κ2) is 9.06. The third kappa shape index (κ3) is 4.82. The number of alkyl halides is 3. The molecule has 27 heavy (non-hydrogen) atoms. The molecule has 4 nitrogen and oxygen atoms in total. The van der Waals surface area contributed by atoms with E-state index in [9.17, 15) is 23.1 Å². The van der Waals surface area contributed by atoms with Gasteiger partial charge in [0.25, 0.3) is 5.91 Å². The van der Waals surface area contributed by atoms with E-state index >= 15 is 0 Å². The number of benzene rings is 1. The van der Waals surface area contributed by atoms with Crippen LogP contribution in [0.25, 0.3) is 0 Å². The summed E-state index contributed by atoms with van der Waals surface area (Å²) in [6.07, 6.45) is -3.54. The fraction of sp³-hybridized carbons (Fsp3) is 0.650. The van der Waals surface area contributed by atoms with Crippen LogP contribution in [0, 0.1) is 11.8 Å². The van der Waals surface area contributed by atoms with Gasteiger partial charge < -0.3 is 14.9 Å². The minimum Gasteiger partial charge on any atom is -0.394 e. The van der Waals surface area contributed by atoms with Crippen molar-refractivity contribution in [1.82, 2.24) is 9.80 Å². The molecule has 0 spiro atoms. The van der Waals surface area contributed by atoms with Crippen LogP contribution >= 0.6 is 0 Å². The lowest BCUT2D eigenvalue weighted by molar-refractivity contribution is -0.137. The summed E-state index contributed by atoms with van der Waals surface area (Å²) in [6.45, 7) is 9.20. The Hall–Kier alpha value is -1.60. The molecule has 1 heterocycles. The molecule has 1 amide bonds. The van der Waals surface area contributed by atoms with Gasteiger partial charge in [0.1, 0.15) is 0 Å². The van der Waals surface area contributed by atoms with Gasteiger partial charge in [0.15, 0.2) is 0 Å². The Morgan fingerprint density at radius 3 is 2.22 bits per heavy atom. The van der Waals surface area contributed by atoms with E-state index < -0.39 is 11.7 Å². The first-order valence-corrected chi connectivity index (χ1v) is 9.58. The molecule has 7 heteroatoms. The molecule has 0 radical (unpaired) electrons. The Labute approximate surface area is 159 Å². The maximum Gasteiger partial charge on any atom is 0.416 e. The molecule has 152 valence electrons. The third-order valence-corrected chi connectivity index (χ3v) is 5.73. The van der Waals surface area contributed by atoms with Crippen molar-refractivity contribution in [2.75, 3.05) is 32.8 Å². The largest absolute Gasteiger partial charge is 0.416 e. The average Bonchev–Trinajstić information content (AvgIpc) is 3.02. The zero-order valence-corrected chi connectivity index (χ0v) is 16.2. The summed E-state index contributed by atoms with van der Waals surface area (Å²) in [5, 5.41) is 9.96. The van der Waals surface area contributed by atoms with Crippen molar-refractivity contribution in [1.29, 1.82) is 0 Å². The number of amides is 1. The van der Waals surface area contributed by atoms with E-state index in [1.807, 2.05) is 0 Å². The van der Waals surface area contributed by atoms with Gasteiger partial charge in [-0.3, -0.25) is 4.79 Å². The first-order chi connectivity index (χ1) is 12.8. The van der Waals surface area contributed by atoms with Gasteiger partial charge in [0.05, 0.1) is 18.2 Å². The predicted molar refractivity (Wildman–Crippen MR) is 98.4 cm³/mol. The zero-order valence-electron chi connectivity index (χ0n) is 16.2. The lowest BCUT2D eigenvalue weighted by Gasteiger charge is -2.31. The standard InChI is InChI=1S/C20H29F3N2O2/c1-4-14-11-25(18(13-26)17(14)12-24(5-2)6-3)19(27)15-7-9-16(10-8-15)20(21,22)23/h7-10,14,17-18,26H,4-6,11-13H2,1-3H3/t14-,17-,18-/m1/s1. The summed E-state index contributed by atoms with van der Waals surface area (Å²) in [4.78, 5) is 16.9. The maximum absolute atomic E-state index is 12.9. The highest BCUT2D eigenvalue weighted by Crippen LogP contribution is 2.34. The van der Waals surface area contributed by atoms with Crippen molar-refractivity contribution in [3.63, 3.8) is 0 Å². The van der Waals surface area contributed by atoms with Crippen LogP contribution in [0.3, 0.4) is 0 Å². The molecule has 1 aliphatic heterocycles. The monoisotopic (exact) mass is 386 g/mol. The van der Waals surface area contributed by atoms with Gasteiger partial charge >= 0.3 is 6.18 Å². The summed E-state index contributed by atoms with van der Waals surface area (Å²) in [5.74, 6) is 0.0997. The molecule has 1 aromatic carbocycles. The number of hydrogen-bond acceptors (Lipinski definition) is 3. The van der Waals surface area contributed by atoms with E-state index in [2.05, 4.69) is 25.7 Å². The van der Waals surface area contributed by atoms with Gasteiger partial charge in [-0.05, 0) is 49.2 Å². The maximum atomic E-state index is 12.9. The average molecular weight is 386 g/mol. The van der Waals surface area contributed by atoms with Gasteiger partial charge in [0.2, 0.25) is 0 Å². The highest BCUT2D eigenvalue weighted by Gasteiger charge is 2.43. The number of carbonyl (C=O) groups excluding carboxylic acids is 1. The first-order valence-electron chi connectivity index (χ1n) is 9.58. The first kappa shape index (κ1) is 21.7. The van der Waals surface area contributed by atoms with E-state index in [4.69, 9.17) is 0 Å². The van der Waals surface area contributed by atoms with Crippen molar-refractivity contribution >= 4 is 5.91 Å². The zero-order chi connectivity index (χ0) is 20.2. The van der Waals surface area contributed by atoms with Gasteiger partial charge in [-0.15, -0.1) is 0 Å². The smallest absolute Gasteiger partial charge is 0.394 e. The Morgan fingerprint density at radius 1 is 1.19 bits per heavy atom. The van der Waals surface area contributed by atoms with Crippen molar-refractivity contribution in [2.45, 2.75) is 39.4 Å².